The maximum Gasteiger partial charge on any atom is 0.262 e. The first-order valence-electron chi connectivity index (χ1n) is 11.4. The minimum atomic E-state index is 0.341. The van der Waals surface area contributed by atoms with Crippen LogP contribution in [0.2, 0.25) is 0 Å². The van der Waals surface area contributed by atoms with Crippen LogP contribution in [0.1, 0.15) is 30.7 Å². The van der Waals surface area contributed by atoms with E-state index in [9.17, 15) is 0 Å². The van der Waals surface area contributed by atoms with E-state index in [1.165, 1.54) is 5.56 Å². The van der Waals surface area contributed by atoms with Gasteiger partial charge in [-0.2, -0.15) is 5.10 Å². The Bertz CT molecular complexity index is 1340. The Morgan fingerprint density at radius 1 is 1.18 bits per heavy atom. The summed E-state index contributed by atoms with van der Waals surface area (Å²) >= 11 is 6.86. The van der Waals surface area contributed by atoms with Gasteiger partial charge in [0.2, 0.25) is 0 Å². The molecule has 0 saturated carbocycles. The number of aromatic nitrogens is 4. The fourth-order valence-electron chi connectivity index (χ4n) is 4.20. The van der Waals surface area contributed by atoms with Gasteiger partial charge in [-0.25, -0.2) is 14.6 Å². The van der Waals surface area contributed by atoms with E-state index in [4.69, 9.17) is 27.0 Å². The number of nitrogens with zero attached hydrogens (tertiary/aromatic N) is 4. The number of nitrogens with one attached hydrogen (secondary N) is 2. The molecule has 5 rings (SSSR count). The van der Waals surface area contributed by atoms with Gasteiger partial charge < -0.3 is 10.1 Å². The van der Waals surface area contributed by atoms with Crippen molar-refractivity contribution in [2.75, 3.05) is 23.8 Å². The number of anilines is 2. The van der Waals surface area contributed by atoms with Crippen molar-refractivity contribution in [3.8, 4) is 27.5 Å². The molecule has 0 saturated heterocycles. The summed E-state index contributed by atoms with van der Waals surface area (Å²) in [7, 11) is 0. The summed E-state index contributed by atoms with van der Waals surface area (Å²) in [6, 6.07) is 12.4. The summed E-state index contributed by atoms with van der Waals surface area (Å²) < 4.78 is 7.47. The largest absolute Gasteiger partial charge is 0.471 e. The zero-order valence-electron chi connectivity index (χ0n) is 19.4. The van der Waals surface area contributed by atoms with Gasteiger partial charge in [0, 0.05) is 23.9 Å². The molecule has 3 aromatic heterocycles. The van der Waals surface area contributed by atoms with Crippen molar-refractivity contribution in [2.24, 2.45) is 0 Å². The Labute approximate surface area is 208 Å². The van der Waals surface area contributed by atoms with Crippen molar-refractivity contribution in [1.82, 2.24) is 19.7 Å². The Balaban J connectivity index is 1.65. The second kappa shape index (κ2) is 9.52. The molecule has 9 heteroatoms. The number of pyridine rings is 1. The van der Waals surface area contributed by atoms with Gasteiger partial charge in [0.1, 0.15) is 5.82 Å². The topological polar surface area (TPSA) is 76.9 Å². The predicted molar refractivity (Wildman–Crippen MR) is 142 cm³/mol. The number of thiazole rings is 1. The normalized spacial score (nSPS) is 12.1. The Morgan fingerprint density at radius 3 is 2.76 bits per heavy atom. The lowest BCUT2D eigenvalue weighted by atomic mass is 9.95. The van der Waals surface area contributed by atoms with Crippen molar-refractivity contribution in [1.29, 1.82) is 0 Å². The molecule has 3 heterocycles. The quantitative estimate of drug-likeness (QED) is 0.339. The molecule has 0 unspecified atom stereocenters. The monoisotopic (exact) mass is 490 g/mol. The first-order chi connectivity index (χ1) is 16.6. The van der Waals surface area contributed by atoms with Crippen LogP contribution in [0.25, 0.3) is 27.5 Å². The molecule has 0 fully saturated rings. The van der Waals surface area contributed by atoms with Crippen molar-refractivity contribution in [2.45, 2.75) is 33.6 Å². The molecule has 0 amide bonds. The SMILES string of the molecule is CCNc1ccc(-c2nn(-c3ccccc3C)c3c2CCc2nc(NC(=S)OCC)sc2-3)cn1. The molecule has 0 radical (unpaired) electrons. The van der Waals surface area contributed by atoms with Gasteiger partial charge in [0.25, 0.3) is 5.17 Å². The van der Waals surface area contributed by atoms with Crippen LogP contribution in [0.4, 0.5) is 10.9 Å². The maximum absolute atomic E-state index is 5.40. The molecular weight excluding hydrogens is 464 g/mol. The van der Waals surface area contributed by atoms with E-state index in [1.807, 2.05) is 31.3 Å². The molecule has 0 bridgehead atoms. The van der Waals surface area contributed by atoms with Crippen molar-refractivity contribution in [3.63, 3.8) is 0 Å². The Morgan fingerprint density at radius 2 is 2.03 bits per heavy atom. The number of fused-ring (bicyclic) bond motifs is 3. The number of hydrogen-bond acceptors (Lipinski definition) is 7. The van der Waals surface area contributed by atoms with E-state index in [-0.39, 0.29) is 0 Å². The second-order valence-corrected chi connectivity index (χ2v) is 9.35. The first-order valence-corrected chi connectivity index (χ1v) is 12.6. The van der Waals surface area contributed by atoms with Crippen molar-refractivity contribution < 1.29 is 4.74 Å². The van der Waals surface area contributed by atoms with E-state index >= 15 is 0 Å². The van der Waals surface area contributed by atoms with Crippen LogP contribution in [-0.4, -0.2) is 38.1 Å². The highest BCUT2D eigenvalue weighted by molar-refractivity contribution is 7.80. The third-order valence-electron chi connectivity index (χ3n) is 5.73. The van der Waals surface area contributed by atoms with E-state index < -0.39 is 0 Å². The van der Waals surface area contributed by atoms with Crippen LogP contribution in [0.5, 0.6) is 0 Å². The van der Waals surface area contributed by atoms with Crippen LogP contribution >= 0.6 is 23.6 Å². The lowest BCUT2D eigenvalue weighted by Crippen LogP contribution is -2.12. The summed E-state index contributed by atoms with van der Waals surface area (Å²) in [5, 5.41) is 12.6. The number of aryl methyl sites for hydroxylation is 2. The molecule has 4 aromatic rings. The van der Waals surface area contributed by atoms with Gasteiger partial charge in [-0.15, -0.1) is 0 Å². The van der Waals surface area contributed by atoms with Crippen LogP contribution in [0.15, 0.2) is 42.6 Å². The minimum absolute atomic E-state index is 0.341. The number of thiocarbonyl (C=S) groups is 1. The number of benzene rings is 1. The third kappa shape index (κ3) is 4.17. The lowest BCUT2D eigenvalue weighted by Gasteiger charge is -2.15. The van der Waals surface area contributed by atoms with Gasteiger partial charge in [-0.05, 0) is 69.6 Å². The molecule has 1 aliphatic carbocycles. The third-order valence-corrected chi connectivity index (χ3v) is 6.97. The minimum Gasteiger partial charge on any atom is -0.471 e. The predicted octanol–water partition coefficient (Wildman–Crippen LogP) is 5.63. The summed E-state index contributed by atoms with van der Waals surface area (Å²) in [6.45, 7) is 7.44. The maximum atomic E-state index is 5.40. The number of hydrogen-bond donors (Lipinski definition) is 2. The number of rotatable bonds is 6. The number of para-hydroxylation sites is 1. The highest BCUT2D eigenvalue weighted by Crippen LogP contribution is 2.44. The van der Waals surface area contributed by atoms with Crippen molar-refractivity contribution in [3.05, 3.63) is 59.4 Å². The molecule has 7 nitrogen and oxygen atoms in total. The summed E-state index contributed by atoms with van der Waals surface area (Å²) in [5.74, 6) is 0.865. The average molecular weight is 491 g/mol. The first kappa shape index (κ1) is 22.5. The van der Waals surface area contributed by atoms with Gasteiger partial charge >= 0.3 is 0 Å². The van der Waals surface area contributed by atoms with E-state index in [0.717, 1.165) is 69.1 Å². The van der Waals surface area contributed by atoms with Gasteiger partial charge in [0.15, 0.2) is 5.13 Å². The van der Waals surface area contributed by atoms with Crippen molar-refractivity contribution >= 4 is 39.7 Å². The molecule has 1 aliphatic rings. The summed E-state index contributed by atoms with van der Waals surface area (Å²) in [6.07, 6.45) is 3.60. The molecule has 0 spiro atoms. The van der Waals surface area contributed by atoms with E-state index in [2.05, 4.69) is 52.3 Å². The van der Waals surface area contributed by atoms with Crippen LogP contribution in [0.3, 0.4) is 0 Å². The van der Waals surface area contributed by atoms with E-state index in [1.54, 1.807) is 11.3 Å². The standard InChI is InChI=1S/C25H26N6OS2/c1-4-26-20-13-10-16(14-27-20)21-17-11-12-18-23(34-24(28-18)29-25(33)32-5-2)22(17)31(30-21)19-9-7-6-8-15(19)3/h6-10,13-14H,4-5,11-12H2,1-3H3,(H,26,27)(H,28,29,33). The highest BCUT2D eigenvalue weighted by atomic mass is 32.1. The molecule has 1 aromatic carbocycles. The summed E-state index contributed by atoms with van der Waals surface area (Å²) in [4.78, 5) is 10.5. The Hall–Kier alpha value is -3.30. The molecule has 174 valence electrons. The lowest BCUT2D eigenvalue weighted by molar-refractivity contribution is 0.335. The Kier molecular flexibility index (Phi) is 6.30. The van der Waals surface area contributed by atoms with Crippen LogP contribution < -0.4 is 10.6 Å². The molecular formula is C25H26N6OS2. The molecule has 34 heavy (non-hydrogen) atoms. The second-order valence-electron chi connectivity index (χ2n) is 7.98. The van der Waals surface area contributed by atoms with Crippen LogP contribution in [0, 0.1) is 6.92 Å². The fourth-order valence-corrected chi connectivity index (χ4v) is 5.55. The van der Waals surface area contributed by atoms with E-state index in [0.29, 0.717) is 11.8 Å². The smallest absolute Gasteiger partial charge is 0.262 e. The van der Waals surface area contributed by atoms with Gasteiger partial charge in [-0.1, -0.05) is 29.5 Å². The highest BCUT2D eigenvalue weighted by Gasteiger charge is 2.30. The zero-order chi connectivity index (χ0) is 23.7. The fraction of sp³-hybridized carbons (Fsp3) is 0.280. The zero-order valence-corrected chi connectivity index (χ0v) is 21.0. The van der Waals surface area contributed by atoms with Gasteiger partial charge in [-0.3, -0.25) is 5.32 Å². The molecule has 2 N–H and O–H groups in total. The van der Waals surface area contributed by atoms with Gasteiger partial charge in [0.05, 0.1) is 34.3 Å². The number of ether oxygens (including phenoxy) is 1. The van der Waals surface area contributed by atoms with Crippen LogP contribution in [-0.2, 0) is 17.6 Å². The average Bonchev–Trinajstić information content (AvgIpc) is 3.41. The molecule has 0 atom stereocenters. The summed E-state index contributed by atoms with van der Waals surface area (Å²) in [5.41, 5.74) is 7.56. The molecule has 0 aliphatic heterocycles.